The Hall–Kier alpha value is -0.730. The van der Waals surface area contributed by atoms with E-state index in [1.165, 1.54) is 51.3 Å². The first kappa shape index (κ1) is 8.85. The van der Waals surface area contributed by atoms with Crippen LogP contribution in [0, 0.1) is 12.1 Å². The zero-order valence-corrected chi connectivity index (χ0v) is 7.96. The lowest BCUT2D eigenvalue weighted by Gasteiger charge is -2.22. The van der Waals surface area contributed by atoms with Gasteiger partial charge in [0.2, 0.25) is 0 Å². The van der Waals surface area contributed by atoms with Crippen molar-refractivity contribution in [3.05, 3.63) is 6.23 Å². The van der Waals surface area contributed by atoms with Crippen molar-refractivity contribution in [1.29, 1.82) is 0 Å². The van der Waals surface area contributed by atoms with Crippen LogP contribution in [0.25, 0.3) is 0 Å². The van der Waals surface area contributed by atoms with E-state index in [1.54, 1.807) is 0 Å². The summed E-state index contributed by atoms with van der Waals surface area (Å²) in [7, 11) is 0. The zero-order chi connectivity index (χ0) is 8.93. The largest absolute Gasteiger partial charge is 0.448 e. The lowest BCUT2D eigenvalue weighted by molar-refractivity contribution is 0.209. The minimum absolute atomic E-state index is 0.586. The normalized spacial score (nSPS) is 26.2. The van der Waals surface area contributed by atoms with Gasteiger partial charge in [0.1, 0.15) is 0 Å². The van der Waals surface area contributed by atoms with Crippen molar-refractivity contribution in [3.8, 4) is 0 Å². The molecule has 3 nitrogen and oxygen atoms in total. The van der Waals surface area contributed by atoms with Crippen LogP contribution in [0.1, 0.15) is 44.9 Å². The van der Waals surface area contributed by atoms with Gasteiger partial charge in [-0.25, -0.2) is 0 Å². The fraction of sp³-hybridized carbons (Fsp3) is 0.800. The molecule has 0 atom stereocenters. The van der Waals surface area contributed by atoms with Gasteiger partial charge in [-0.1, -0.05) is 32.1 Å². The lowest BCUT2D eigenvalue weighted by atomic mass is 9.90. The molecule has 1 aliphatic heterocycles. The van der Waals surface area contributed by atoms with Crippen LogP contribution in [0.5, 0.6) is 0 Å². The van der Waals surface area contributed by atoms with E-state index in [1.807, 2.05) is 0 Å². The first-order valence-electron chi connectivity index (χ1n) is 5.28. The molecule has 0 spiro atoms. The van der Waals surface area contributed by atoms with Crippen LogP contribution >= 0.6 is 0 Å². The molecule has 2 rings (SSSR count). The Bertz CT molecular complexity index is 166. The molecular formula is C10H17N2O. The predicted molar refractivity (Wildman–Crippen MR) is 51.8 cm³/mol. The highest BCUT2D eigenvalue weighted by Crippen LogP contribution is 2.29. The summed E-state index contributed by atoms with van der Waals surface area (Å²) in [5, 5.41) is 3.86. The Kier molecular flexibility index (Phi) is 3.06. The van der Waals surface area contributed by atoms with Gasteiger partial charge in [0.15, 0.2) is 6.40 Å². The van der Waals surface area contributed by atoms with Crippen LogP contribution in [-0.4, -0.2) is 6.40 Å². The molecule has 0 saturated heterocycles. The maximum Gasteiger partial charge on any atom is 0.259 e. The monoisotopic (exact) mass is 181 g/mol. The number of ether oxygens (including phenoxy) is 1. The van der Waals surface area contributed by atoms with Gasteiger partial charge >= 0.3 is 0 Å². The smallest absolute Gasteiger partial charge is 0.259 e. The third-order valence-electron chi connectivity index (χ3n) is 2.88. The molecule has 0 aromatic rings. The lowest BCUT2D eigenvalue weighted by Crippen LogP contribution is -2.22. The van der Waals surface area contributed by atoms with Crippen LogP contribution in [0.4, 0.5) is 0 Å². The van der Waals surface area contributed by atoms with Crippen LogP contribution in [-0.2, 0) is 4.74 Å². The molecule has 1 heterocycles. The van der Waals surface area contributed by atoms with E-state index in [4.69, 9.17) is 4.74 Å². The molecule has 0 aromatic carbocycles. The van der Waals surface area contributed by atoms with Crippen LogP contribution < -0.4 is 5.43 Å². The molecule has 1 radical (unpaired) electrons. The van der Waals surface area contributed by atoms with E-state index >= 15 is 0 Å². The number of hydrazone groups is 1. The summed E-state index contributed by atoms with van der Waals surface area (Å²) < 4.78 is 5.30. The number of hydrogen-bond donors (Lipinski definition) is 1. The number of nitrogens with zero attached hydrogens (tertiary/aromatic N) is 1. The van der Waals surface area contributed by atoms with Crippen molar-refractivity contribution in [2.75, 3.05) is 0 Å². The quantitative estimate of drug-likeness (QED) is 0.674. The third kappa shape index (κ3) is 2.36. The average Bonchev–Trinajstić information content (AvgIpc) is 2.55. The highest BCUT2D eigenvalue weighted by Gasteiger charge is 2.26. The molecule has 73 valence electrons. The highest BCUT2D eigenvalue weighted by atomic mass is 16.5. The second kappa shape index (κ2) is 4.49. The van der Waals surface area contributed by atoms with Gasteiger partial charge in [-0.05, 0) is 12.8 Å². The number of hydrogen-bond acceptors (Lipinski definition) is 3. The summed E-state index contributed by atoms with van der Waals surface area (Å²) in [6.07, 6.45) is 11.8. The van der Waals surface area contributed by atoms with Crippen molar-refractivity contribution in [1.82, 2.24) is 5.43 Å². The maximum absolute atomic E-state index is 5.30. The molecule has 1 N–H and O–H groups in total. The van der Waals surface area contributed by atoms with Gasteiger partial charge in [-0.15, -0.1) is 5.10 Å². The van der Waals surface area contributed by atoms with Crippen LogP contribution in [0.15, 0.2) is 5.10 Å². The predicted octanol–water partition coefficient (Wildman–Crippen LogP) is 2.40. The standard InChI is InChI=1S/C10H17N2O/c1-2-4-6-9(7-5-3-1)10-12-11-8-13-10/h8-9,12H,1-7H2. The second-order valence-electron chi connectivity index (χ2n) is 3.87. The second-order valence-corrected chi connectivity index (χ2v) is 3.87. The summed E-state index contributed by atoms with van der Waals surface area (Å²) in [4.78, 5) is 0. The van der Waals surface area contributed by atoms with E-state index in [0.717, 1.165) is 6.23 Å². The number of nitrogens with one attached hydrogen (secondary N) is 1. The summed E-state index contributed by atoms with van der Waals surface area (Å²) in [5.74, 6) is 0.586. The molecule has 1 fully saturated rings. The third-order valence-corrected chi connectivity index (χ3v) is 2.88. The van der Waals surface area contributed by atoms with Crippen molar-refractivity contribution in [2.24, 2.45) is 11.0 Å². The van der Waals surface area contributed by atoms with Crippen molar-refractivity contribution in [3.63, 3.8) is 0 Å². The van der Waals surface area contributed by atoms with E-state index in [9.17, 15) is 0 Å². The minimum atomic E-state index is 0.586. The van der Waals surface area contributed by atoms with E-state index in [-0.39, 0.29) is 0 Å². The molecule has 2 aliphatic rings. The maximum atomic E-state index is 5.30. The first-order chi connectivity index (χ1) is 6.47. The van der Waals surface area contributed by atoms with Gasteiger partial charge < -0.3 is 4.74 Å². The van der Waals surface area contributed by atoms with Gasteiger partial charge in [0.05, 0.1) is 0 Å². The first-order valence-corrected chi connectivity index (χ1v) is 5.28. The van der Waals surface area contributed by atoms with E-state index < -0.39 is 0 Å². The van der Waals surface area contributed by atoms with Gasteiger partial charge in [0.25, 0.3) is 6.23 Å². The summed E-state index contributed by atoms with van der Waals surface area (Å²) in [5.41, 5.74) is 2.94. The molecule has 0 bridgehead atoms. The molecule has 0 unspecified atom stereocenters. The Morgan fingerprint density at radius 2 is 1.85 bits per heavy atom. The van der Waals surface area contributed by atoms with E-state index in [0.29, 0.717) is 5.92 Å². The fourth-order valence-corrected chi connectivity index (χ4v) is 2.11. The van der Waals surface area contributed by atoms with E-state index in [2.05, 4.69) is 10.5 Å². The fourth-order valence-electron chi connectivity index (χ4n) is 2.11. The van der Waals surface area contributed by atoms with Crippen LogP contribution in [0.2, 0.25) is 0 Å². The summed E-state index contributed by atoms with van der Waals surface area (Å²) in [6, 6.07) is 0. The van der Waals surface area contributed by atoms with Gasteiger partial charge in [-0.3, -0.25) is 5.43 Å². The topological polar surface area (TPSA) is 33.6 Å². The molecule has 1 saturated carbocycles. The Labute approximate surface area is 79.5 Å². The molecule has 3 heteroatoms. The number of rotatable bonds is 1. The summed E-state index contributed by atoms with van der Waals surface area (Å²) >= 11 is 0. The van der Waals surface area contributed by atoms with Crippen LogP contribution in [0.3, 0.4) is 0 Å². The van der Waals surface area contributed by atoms with Gasteiger partial charge in [-0.2, -0.15) is 0 Å². The molecule has 0 amide bonds. The molecule has 13 heavy (non-hydrogen) atoms. The van der Waals surface area contributed by atoms with Crippen molar-refractivity contribution >= 4 is 6.40 Å². The average molecular weight is 181 g/mol. The highest BCUT2D eigenvalue weighted by molar-refractivity contribution is 5.49. The Morgan fingerprint density at radius 1 is 1.15 bits per heavy atom. The SMILES string of the molecule is C1=NN[C](C2CCCCCCC2)O1. The Balaban J connectivity index is 1.81. The van der Waals surface area contributed by atoms with Gasteiger partial charge in [0, 0.05) is 5.92 Å². The Morgan fingerprint density at radius 3 is 2.46 bits per heavy atom. The molecule has 1 aliphatic carbocycles. The van der Waals surface area contributed by atoms with Crippen molar-refractivity contribution in [2.45, 2.75) is 44.9 Å². The summed E-state index contributed by atoms with van der Waals surface area (Å²) in [6.45, 7) is 0. The zero-order valence-electron chi connectivity index (χ0n) is 7.96. The minimum Gasteiger partial charge on any atom is -0.448 e. The molecular weight excluding hydrogens is 164 g/mol. The molecule has 0 aromatic heterocycles. The van der Waals surface area contributed by atoms with Crippen molar-refractivity contribution < 1.29 is 4.74 Å².